The van der Waals surface area contributed by atoms with Gasteiger partial charge in [-0.1, -0.05) is 31.7 Å². The molecular weight excluding hydrogens is 260 g/mol. The first-order valence-electron chi connectivity index (χ1n) is 7.44. The third-order valence-electron chi connectivity index (χ3n) is 4.26. The normalized spacial score (nSPS) is 20.4. The summed E-state index contributed by atoms with van der Waals surface area (Å²) in [6.07, 6.45) is 5.75. The Morgan fingerprint density at radius 1 is 1.15 bits per heavy atom. The lowest BCUT2D eigenvalue weighted by molar-refractivity contribution is -0.0708. The minimum absolute atomic E-state index is 0.0390. The van der Waals surface area contributed by atoms with Crippen molar-refractivity contribution in [2.24, 2.45) is 5.73 Å². The van der Waals surface area contributed by atoms with Crippen LogP contribution in [-0.2, 0) is 4.74 Å². The number of hydrogen-bond acceptors (Lipinski definition) is 2. The Morgan fingerprint density at radius 2 is 1.70 bits per heavy atom. The van der Waals surface area contributed by atoms with E-state index in [-0.39, 0.29) is 5.56 Å². The number of benzene rings is 1. The Morgan fingerprint density at radius 3 is 2.20 bits per heavy atom. The van der Waals surface area contributed by atoms with Crippen LogP contribution in [0.4, 0.5) is 8.78 Å². The second-order valence-electron chi connectivity index (χ2n) is 5.53. The Kier molecular flexibility index (Phi) is 5.11. The van der Waals surface area contributed by atoms with E-state index in [4.69, 9.17) is 10.5 Å². The number of hydrogen-bond donors (Lipinski definition) is 1. The molecule has 0 amide bonds. The molecule has 0 aliphatic heterocycles. The molecule has 1 aromatic carbocycles. The van der Waals surface area contributed by atoms with Crippen molar-refractivity contribution >= 4 is 0 Å². The van der Waals surface area contributed by atoms with Crippen molar-refractivity contribution in [1.82, 2.24) is 0 Å². The standard InChI is InChI=1S/C16H23F2NO/c1-2-20-16(10-5-3-4-6-11-16)15(19)14-12(17)8-7-9-13(14)18/h7-9,15H,2-6,10-11,19H2,1H3. The van der Waals surface area contributed by atoms with Crippen LogP contribution in [0.5, 0.6) is 0 Å². The highest BCUT2D eigenvalue weighted by Crippen LogP contribution is 2.40. The minimum Gasteiger partial charge on any atom is -0.373 e. The van der Waals surface area contributed by atoms with Crippen molar-refractivity contribution in [3.8, 4) is 0 Å². The van der Waals surface area contributed by atoms with Crippen molar-refractivity contribution in [2.75, 3.05) is 6.61 Å². The van der Waals surface area contributed by atoms with Gasteiger partial charge in [0.25, 0.3) is 0 Å². The van der Waals surface area contributed by atoms with E-state index in [1.54, 1.807) is 0 Å². The lowest BCUT2D eigenvalue weighted by Crippen LogP contribution is -2.44. The molecule has 0 aromatic heterocycles. The molecule has 1 atom stereocenters. The highest BCUT2D eigenvalue weighted by Gasteiger charge is 2.40. The smallest absolute Gasteiger partial charge is 0.131 e. The Hall–Kier alpha value is -1.00. The molecule has 1 aliphatic carbocycles. The predicted molar refractivity (Wildman–Crippen MR) is 75.3 cm³/mol. The molecule has 0 spiro atoms. The summed E-state index contributed by atoms with van der Waals surface area (Å²) >= 11 is 0. The molecule has 1 aliphatic rings. The zero-order valence-electron chi connectivity index (χ0n) is 12.0. The molecule has 1 aromatic rings. The van der Waals surface area contributed by atoms with Crippen LogP contribution in [-0.4, -0.2) is 12.2 Å². The third kappa shape index (κ3) is 3.01. The van der Waals surface area contributed by atoms with Gasteiger partial charge in [0.1, 0.15) is 11.6 Å². The maximum Gasteiger partial charge on any atom is 0.131 e. The summed E-state index contributed by atoms with van der Waals surface area (Å²) < 4.78 is 33.9. The maximum atomic E-state index is 14.0. The lowest BCUT2D eigenvalue weighted by Gasteiger charge is -2.38. The molecule has 0 saturated heterocycles. The summed E-state index contributed by atoms with van der Waals surface area (Å²) in [6, 6.07) is 3.12. The van der Waals surface area contributed by atoms with Gasteiger partial charge in [0.05, 0.1) is 11.6 Å². The molecular formula is C16H23F2NO. The van der Waals surface area contributed by atoms with E-state index in [0.29, 0.717) is 6.61 Å². The number of nitrogens with two attached hydrogens (primary N) is 1. The first-order chi connectivity index (χ1) is 9.60. The van der Waals surface area contributed by atoms with E-state index in [1.807, 2.05) is 6.92 Å². The summed E-state index contributed by atoms with van der Waals surface area (Å²) in [5.74, 6) is -1.17. The third-order valence-corrected chi connectivity index (χ3v) is 4.26. The zero-order chi connectivity index (χ0) is 14.6. The van der Waals surface area contributed by atoms with Crippen molar-refractivity contribution in [3.05, 3.63) is 35.4 Å². The molecule has 20 heavy (non-hydrogen) atoms. The van der Waals surface area contributed by atoms with E-state index < -0.39 is 23.3 Å². The summed E-state index contributed by atoms with van der Waals surface area (Å²) in [4.78, 5) is 0. The van der Waals surface area contributed by atoms with Crippen LogP contribution in [0.2, 0.25) is 0 Å². The summed E-state index contributed by atoms with van der Waals surface area (Å²) in [7, 11) is 0. The fourth-order valence-corrected chi connectivity index (χ4v) is 3.23. The van der Waals surface area contributed by atoms with Crippen LogP contribution in [0, 0.1) is 11.6 Å². The number of rotatable bonds is 4. The van der Waals surface area contributed by atoms with Crippen LogP contribution >= 0.6 is 0 Å². The fourth-order valence-electron chi connectivity index (χ4n) is 3.23. The van der Waals surface area contributed by atoms with Crippen LogP contribution < -0.4 is 5.73 Å². The zero-order valence-corrected chi connectivity index (χ0v) is 12.0. The van der Waals surface area contributed by atoms with E-state index in [0.717, 1.165) is 38.5 Å². The van der Waals surface area contributed by atoms with Gasteiger partial charge < -0.3 is 10.5 Å². The Bertz CT molecular complexity index is 422. The van der Waals surface area contributed by atoms with E-state index in [2.05, 4.69) is 0 Å². The molecule has 1 fully saturated rings. The largest absolute Gasteiger partial charge is 0.373 e. The van der Waals surface area contributed by atoms with Crippen LogP contribution in [0.25, 0.3) is 0 Å². The van der Waals surface area contributed by atoms with Gasteiger partial charge >= 0.3 is 0 Å². The van der Waals surface area contributed by atoms with Crippen molar-refractivity contribution < 1.29 is 13.5 Å². The minimum atomic E-state index is -0.762. The molecule has 112 valence electrons. The SMILES string of the molecule is CCOC1(C(N)c2c(F)cccc2F)CCCCCC1. The second kappa shape index (κ2) is 6.64. The summed E-state index contributed by atoms with van der Waals surface area (Å²) in [6.45, 7) is 2.40. The van der Waals surface area contributed by atoms with Crippen molar-refractivity contribution in [3.63, 3.8) is 0 Å². The van der Waals surface area contributed by atoms with E-state index >= 15 is 0 Å². The first-order valence-corrected chi connectivity index (χ1v) is 7.44. The highest BCUT2D eigenvalue weighted by molar-refractivity contribution is 5.26. The van der Waals surface area contributed by atoms with Gasteiger partial charge in [-0.2, -0.15) is 0 Å². The summed E-state index contributed by atoms with van der Waals surface area (Å²) in [5, 5.41) is 0. The van der Waals surface area contributed by atoms with Crippen LogP contribution in [0.3, 0.4) is 0 Å². The average Bonchev–Trinajstić information content (AvgIpc) is 2.65. The average molecular weight is 283 g/mol. The highest BCUT2D eigenvalue weighted by atomic mass is 19.1. The van der Waals surface area contributed by atoms with Gasteiger partial charge in [-0.05, 0) is 31.9 Å². The van der Waals surface area contributed by atoms with Gasteiger partial charge in [-0.3, -0.25) is 0 Å². The molecule has 2 nitrogen and oxygen atoms in total. The quantitative estimate of drug-likeness (QED) is 0.845. The van der Waals surface area contributed by atoms with Gasteiger partial charge in [0, 0.05) is 12.2 Å². The second-order valence-corrected chi connectivity index (χ2v) is 5.53. The molecule has 0 radical (unpaired) electrons. The van der Waals surface area contributed by atoms with E-state index in [9.17, 15) is 8.78 Å². The molecule has 1 saturated carbocycles. The maximum absolute atomic E-state index is 14.0. The van der Waals surface area contributed by atoms with E-state index in [1.165, 1.54) is 18.2 Å². The van der Waals surface area contributed by atoms with Crippen molar-refractivity contribution in [2.45, 2.75) is 57.1 Å². The molecule has 2 rings (SSSR count). The fraction of sp³-hybridized carbons (Fsp3) is 0.625. The monoisotopic (exact) mass is 283 g/mol. The van der Waals surface area contributed by atoms with Gasteiger partial charge in [-0.15, -0.1) is 0 Å². The predicted octanol–water partition coefficient (Wildman–Crippen LogP) is 4.09. The van der Waals surface area contributed by atoms with Gasteiger partial charge in [-0.25, -0.2) is 8.78 Å². The molecule has 2 N–H and O–H groups in total. The van der Waals surface area contributed by atoms with Crippen LogP contribution in [0.15, 0.2) is 18.2 Å². The van der Waals surface area contributed by atoms with Gasteiger partial charge in [0.15, 0.2) is 0 Å². The molecule has 1 unspecified atom stereocenters. The Balaban J connectivity index is 2.37. The first kappa shape index (κ1) is 15.4. The molecule has 4 heteroatoms. The van der Waals surface area contributed by atoms with Crippen molar-refractivity contribution in [1.29, 1.82) is 0 Å². The molecule has 0 heterocycles. The topological polar surface area (TPSA) is 35.2 Å². The molecule has 0 bridgehead atoms. The van der Waals surface area contributed by atoms with Gasteiger partial charge in [0.2, 0.25) is 0 Å². The number of halogens is 2. The lowest BCUT2D eigenvalue weighted by atomic mass is 9.82. The number of ether oxygens (including phenoxy) is 1. The Labute approximate surface area is 119 Å². The van der Waals surface area contributed by atoms with Crippen LogP contribution in [0.1, 0.15) is 57.1 Å². The summed E-state index contributed by atoms with van der Waals surface area (Å²) in [5.41, 5.74) is 5.57.